The van der Waals surface area contributed by atoms with Crippen molar-refractivity contribution in [2.24, 2.45) is 0 Å². The molecule has 0 fully saturated rings. The fourth-order valence-electron chi connectivity index (χ4n) is 2.23. The number of carbonyl (C=O) groups excluding carboxylic acids is 1. The van der Waals surface area contributed by atoms with Gasteiger partial charge < -0.3 is 5.32 Å². The van der Waals surface area contributed by atoms with Crippen molar-refractivity contribution in [1.29, 1.82) is 0 Å². The Hall–Kier alpha value is -2.89. The van der Waals surface area contributed by atoms with Crippen LogP contribution in [-0.2, 0) is 6.18 Å². The monoisotopic (exact) mass is 316 g/mol. The maximum absolute atomic E-state index is 12.8. The van der Waals surface area contributed by atoms with Crippen LogP contribution < -0.4 is 5.32 Å². The number of aromatic nitrogens is 1. The molecule has 3 rings (SSSR count). The SMILES string of the molecule is O=Cc1ccc(Nc2ccnc3cc(C(F)(F)F)ccc23)cc1. The van der Waals surface area contributed by atoms with E-state index in [1.165, 1.54) is 12.3 Å². The maximum atomic E-state index is 12.8. The average Bonchev–Trinajstić information content (AvgIpc) is 2.54. The number of anilines is 2. The Balaban J connectivity index is 1.99. The van der Waals surface area contributed by atoms with E-state index in [1.807, 2.05) is 0 Å². The molecule has 0 unspecified atom stereocenters. The van der Waals surface area contributed by atoms with E-state index < -0.39 is 11.7 Å². The average molecular weight is 316 g/mol. The van der Waals surface area contributed by atoms with Crippen molar-refractivity contribution in [3.8, 4) is 0 Å². The van der Waals surface area contributed by atoms with Crippen LogP contribution in [0.3, 0.4) is 0 Å². The Labute approximate surface area is 129 Å². The van der Waals surface area contributed by atoms with Crippen LogP contribution in [0.5, 0.6) is 0 Å². The number of rotatable bonds is 3. The molecular formula is C17H11F3N2O. The van der Waals surface area contributed by atoms with E-state index >= 15 is 0 Å². The summed E-state index contributed by atoms with van der Waals surface area (Å²) in [5.74, 6) is 0. The van der Waals surface area contributed by atoms with Gasteiger partial charge in [0.2, 0.25) is 0 Å². The van der Waals surface area contributed by atoms with Crippen molar-refractivity contribution in [2.75, 3.05) is 5.32 Å². The van der Waals surface area contributed by atoms with E-state index in [2.05, 4.69) is 10.3 Å². The smallest absolute Gasteiger partial charge is 0.355 e. The highest BCUT2D eigenvalue weighted by Gasteiger charge is 2.30. The number of halogens is 3. The summed E-state index contributed by atoms with van der Waals surface area (Å²) < 4.78 is 38.3. The lowest BCUT2D eigenvalue weighted by Gasteiger charge is -2.11. The number of carbonyl (C=O) groups is 1. The summed E-state index contributed by atoms with van der Waals surface area (Å²) in [5, 5.41) is 3.70. The number of aldehydes is 1. The number of hydrogen-bond donors (Lipinski definition) is 1. The lowest BCUT2D eigenvalue weighted by molar-refractivity contribution is -0.137. The molecule has 0 radical (unpaired) electrons. The Kier molecular flexibility index (Phi) is 3.73. The minimum atomic E-state index is -4.40. The van der Waals surface area contributed by atoms with Crippen molar-refractivity contribution in [3.63, 3.8) is 0 Å². The molecule has 3 nitrogen and oxygen atoms in total. The third kappa shape index (κ3) is 3.15. The Morgan fingerprint density at radius 1 is 1.00 bits per heavy atom. The predicted molar refractivity (Wildman–Crippen MR) is 81.9 cm³/mol. The van der Waals surface area contributed by atoms with Crippen LogP contribution in [0.2, 0.25) is 0 Å². The first-order valence-corrected chi connectivity index (χ1v) is 6.75. The van der Waals surface area contributed by atoms with E-state index in [0.717, 1.165) is 24.1 Å². The van der Waals surface area contributed by atoms with Gasteiger partial charge in [-0.05, 0) is 42.5 Å². The van der Waals surface area contributed by atoms with Gasteiger partial charge in [0, 0.05) is 28.5 Å². The van der Waals surface area contributed by atoms with E-state index in [-0.39, 0.29) is 5.52 Å². The zero-order valence-corrected chi connectivity index (χ0v) is 11.8. The largest absolute Gasteiger partial charge is 0.416 e. The molecule has 6 heteroatoms. The summed E-state index contributed by atoms with van der Waals surface area (Å²) in [6, 6.07) is 11.9. The molecule has 0 amide bonds. The van der Waals surface area contributed by atoms with Crippen LogP contribution in [0.1, 0.15) is 15.9 Å². The molecule has 3 aromatic rings. The van der Waals surface area contributed by atoms with Crippen LogP contribution in [0.15, 0.2) is 54.7 Å². The Morgan fingerprint density at radius 3 is 2.39 bits per heavy atom. The fourth-order valence-corrected chi connectivity index (χ4v) is 2.23. The minimum Gasteiger partial charge on any atom is -0.355 e. The molecule has 2 aromatic carbocycles. The second-order valence-electron chi connectivity index (χ2n) is 4.95. The first kappa shape index (κ1) is 15.0. The molecule has 116 valence electrons. The normalized spacial score (nSPS) is 11.4. The molecule has 1 N–H and O–H groups in total. The molecule has 0 aliphatic carbocycles. The van der Waals surface area contributed by atoms with E-state index in [9.17, 15) is 18.0 Å². The summed E-state index contributed by atoms with van der Waals surface area (Å²) in [7, 11) is 0. The van der Waals surface area contributed by atoms with Gasteiger partial charge in [0.15, 0.2) is 0 Å². The topological polar surface area (TPSA) is 42.0 Å². The molecule has 1 heterocycles. The number of nitrogens with one attached hydrogen (secondary N) is 1. The van der Waals surface area contributed by atoms with Gasteiger partial charge in [0.1, 0.15) is 6.29 Å². The second kappa shape index (κ2) is 5.72. The van der Waals surface area contributed by atoms with Crippen LogP contribution >= 0.6 is 0 Å². The third-order valence-corrected chi connectivity index (χ3v) is 3.40. The molecule has 0 aliphatic rings. The van der Waals surface area contributed by atoms with Gasteiger partial charge in [-0.3, -0.25) is 9.78 Å². The molecule has 0 bridgehead atoms. The van der Waals surface area contributed by atoms with Gasteiger partial charge in [0.25, 0.3) is 0 Å². The minimum absolute atomic E-state index is 0.259. The molecule has 0 aliphatic heterocycles. The van der Waals surface area contributed by atoms with E-state index in [4.69, 9.17) is 0 Å². The van der Waals surface area contributed by atoms with Gasteiger partial charge in [-0.1, -0.05) is 6.07 Å². The quantitative estimate of drug-likeness (QED) is 0.705. The molecule has 0 saturated carbocycles. The lowest BCUT2D eigenvalue weighted by atomic mass is 10.1. The van der Waals surface area contributed by atoms with Gasteiger partial charge in [-0.15, -0.1) is 0 Å². The van der Waals surface area contributed by atoms with Crippen molar-refractivity contribution >= 4 is 28.6 Å². The molecular weight excluding hydrogens is 305 g/mol. The number of pyridine rings is 1. The highest BCUT2D eigenvalue weighted by Crippen LogP contribution is 2.33. The van der Waals surface area contributed by atoms with Crippen LogP contribution in [0, 0.1) is 0 Å². The van der Waals surface area contributed by atoms with Gasteiger partial charge in [-0.2, -0.15) is 13.2 Å². The molecule has 1 aromatic heterocycles. The molecule has 0 spiro atoms. The molecule has 0 saturated heterocycles. The summed E-state index contributed by atoms with van der Waals surface area (Å²) in [6.07, 6.45) is -2.21. The van der Waals surface area contributed by atoms with Crippen molar-refractivity contribution in [3.05, 3.63) is 65.9 Å². The zero-order chi connectivity index (χ0) is 16.4. The number of alkyl halides is 3. The van der Waals surface area contributed by atoms with Crippen molar-refractivity contribution in [2.45, 2.75) is 6.18 Å². The second-order valence-corrected chi connectivity index (χ2v) is 4.95. The third-order valence-electron chi connectivity index (χ3n) is 3.40. The number of benzene rings is 2. The number of nitrogens with zero attached hydrogens (tertiary/aromatic N) is 1. The maximum Gasteiger partial charge on any atom is 0.416 e. The van der Waals surface area contributed by atoms with Gasteiger partial charge in [0.05, 0.1) is 11.1 Å². The number of fused-ring (bicyclic) bond motifs is 1. The Bertz CT molecular complexity index is 858. The van der Waals surface area contributed by atoms with E-state index in [1.54, 1.807) is 30.3 Å². The zero-order valence-electron chi connectivity index (χ0n) is 11.8. The summed E-state index contributed by atoms with van der Waals surface area (Å²) in [4.78, 5) is 14.6. The van der Waals surface area contributed by atoms with Gasteiger partial charge >= 0.3 is 6.18 Å². The number of hydrogen-bond acceptors (Lipinski definition) is 3. The van der Waals surface area contributed by atoms with E-state index in [0.29, 0.717) is 16.6 Å². The molecule has 23 heavy (non-hydrogen) atoms. The first-order chi connectivity index (χ1) is 11.0. The highest BCUT2D eigenvalue weighted by molar-refractivity contribution is 5.93. The van der Waals surface area contributed by atoms with Crippen molar-refractivity contribution < 1.29 is 18.0 Å². The summed E-state index contributed by atoms with van der Waals surface area (Å²) >= 11 is 0. The lowest BCUT2D eigenvalue weighted by Crippen LogP contribution is -2.04. The summed E-state index contributed by atoms with van der Waals surface area (Å²) in [6.45, 7) is 0. The van der Waals surface area contributed by atoms with Crippen LogP contribution in [0.25, 0.3) is 10.9 Å². The molecule has 0 atom stereocenters. The van der Waals surface area contributed by atoms with Gasteiger partial charge in [-0.25, -0.2) is 0 Å². The fraction of sp³-hybridized carbons (Fsp3) is 0.0588. The standard InChI is InChI=1S/C17H11F3N2O/c18-17(19,20)12-3-6-14-15(7-8-21-16(14)9-12)22-13-4-1-11(10-23)2-5-13/h1-10H,(H,21,22). The summed E-state index contributed by atoms with van der Waals surface area (Å²) in [5.41, 5.74) is 1.44. The van der Waals surface area contributed by atoms with Crippen molar-refractivity contribution in [1.82, 2.24) is 4.98 Å². The van der Waals surface area contributed by atoms with Crippen LogP contribution in [0.4, 0.5) is 24.5 Å². The predicted octanol–water partition coefficient (Wildman–Crippen LogP) is 4.81. The highest BCUT2D eigenvalue weighted by atomic mass is 19.4. The first-order valence-electron chi connectivity index (χ1n) is 6.75. The Morgan fingerprint density at radius 2 is 1.74 bits per heavy atom. The van der Waals surface area contributed by atoms with Crippen LogP contribution in [-0.4, -0.2) is 11.3 Å².